The molecule has 5 rings (SSSR count). The van der Waals surface area contributed by atoms with E-state index in [1.54, 1.807) is 30.3 Å². The molecule has 0 unspecified atom stereocenters. The zero-order chi connectivity index (χ0) is 28.5. The van der Waals surface area contributed by atoms with E-state index in [4.69, 9.17) is 20.2 Å². The monoisotopic (exact) mass is 570 g/mol. The third kappa shape index (κ3) is 5.03. The van der Waals surface area contributed by atoms with E-state index in [9.17, 15) is 18.4 Å². The fraction of sp³-hybridized carbons (Fsp3) is 0.400. The summed E-state index contributed by atoms with van der Waals surface area (Å²) in [6.45, 7) is 0.435. The lowest BCUT2D eigenvalue weighted by Crippen LogP contribution is -2.50. The largest absolute Gasteiger partial charge is 0.382 e. The molecule has 4 aromatic rings. The third-order valence-electron chi connectivity index (χ3n) is 7.21. The van der Waals surface area contributed by atoms with E-state index in [0.717, 1.165) is 6.26 Å². The highest BCUT2D eigenvalue weighted by molar-refractivity contribution is 7.91. The Morgan fingerprint density at radius 2 is 2.02 bits per heavy atom. The van der Waals surface area contributed by atoms with Crippen LogP contribution in [-0.4, -0.2) is 81.3 Å². The van der Waals surface area contributed by atoms with E-state index < -0.39 is 21.3 Å². The number of aromatic amines is 1. The number of ether oxygens (including phenoxy) is 2. The number of nitrogens with one attached hydrogen (secondary N) is 2. The lowest BCUT2D eigenvalue weighted by Gasteiger charge is -2.38. The molecule has 1 saturated carbocycles. The van der Waals surface area contributed by atoms with E-state index in [0.29, 0.717) is 46.8 Å². The maximum Gasteiger partial charge on any atom is 0.275 e. The van der Waals surface area contributed by atoms with Gasteiger partial charge in [0.1, 0.15) is 22.0 Å². The molecule has 40 heavy (non-hydrogen) atoms. The number of aromatic nitrogens is 6. The third-order valence-corrected chi connectivity index (χ3v) is 8.37. The summed E-state index contributed by atoms with van der Waals surface area (Å²) in [5, 5.41) is 13.7. The zero-order valence-electron chi connectivity index (χ0n) is 22.0. The molecule has 212 valence electrons. The first kappa shape index (κ1) is 27.6. The number of carbonyl (C=O) groups is 1. The van der Waals surface area contributed by atoms with E-state index >= 15 is 0 Å². The van der Waals surface area contributed by atoms with Crippen molar-refractivity contribution in [3.63, 3.8) is 0 Å². The number of nitrogen functional groups attached to an aromatic ring is 1. The maximum atomic E-state index is 12.9. The van der Waals surface area contributed by atoms with Crippen molar-refractivity contribution >= 4 is 27.2 Å². The van der Waals surface area contributed by atoms with Crippen molar-refractivity contribution in [3.05, 3.63) is 42.6 Å². The minimum absolute atomic E-state index is 0.0461. The molecule has 0 saturated heterocycles. The van der Waals surface area contributed by atoms with Gasteiger partial charge in [-0.15, -0.1) is 0 Å². The molecule has 1 aliphatic rings. The molecular weight excluding hydrogens is 540 g/mol. The number of imidazole rings is 1. The molecule has 1 fully saturated rings. The van der Waals surface area contributed by atoms with Gasteiger partial charge in [0.15, 0.2) is 21.3 Å². The molecule has 4 aromatic heterocycles. The van der Waals surface area contributed by atoms with Crippen LogP contribution in [0.3, 0.4) is 0 Å². The van der Waals surface area contributed by atoms with Crippen LogP contribution in [0.2, 0.25) is 0 Å². The van der Waals surface area contributed by atoms with Crippen LogP contribution in [0.4, 0.5) is 5.82 Å². The van der Waals surface area contributed by atoms with Gasteiger partial charge in [-0.3, -0.25) is 15.0 Å². The summed E-state index contributed by atoms with van der Waals surface area (Å²) in [4.78, 5) is 29.0. The van der Waals surface area contributed by atoms with Crippen molar-refractivity contribution in [1.82, 2.24) is 35.0 Å². The lowest BCUT2D eigenvalue weighted by atomic mass is 9.76. The minimum Gasteiger partial charge on any atom is -0.382 e. The number of pyridine rings is 1. The number of hydroxylamine groups is 1. The van der Waals surface area contributed by atoms with Gasteiger partial charge in [-0.25, -0.2) is 23.9 Å². The number of methoxy groups -OCH3 is 1. The van der Waals surface area contributed by atoms with Gasteiger partial charge in [-0.05, 0) is 31.7 Å². The number of nitrogens with zero attached hydrogens (tertiary/aromatic N) is 5. The molecule has 0 atom stereocenters. The first-order chi connectivity index (χ1) is 19.2. The van der Waals surface area contributed by atoms with Crippen molar-refractivity contribution in [2.24, 2.45) is 0 Å². The molecule has 5 N–H and O–H groups in total. The number of anilines is 1. The van der Waals surface area contributed by atoms with Crippen LogP contribution >= 0.6 is 0 Å². The van der Waals surface area contributed by atoms with Crippen molar-refractivity contribution in [1.29, 1.82) is 0 Å². The van der Waals surface area contributed by atoms with Crippen LogP contribution in [0, 0.1) is 0 Å². The fourth-order valence-electron chi connectivity index (χ4n) is 5.19. The van der Waals surface area contributed by atoms with Crippen LogP contribution < -0.4 is 11.2 Å². The number of carbonyl (C=O) groups excluding carboxylic acids is 1. The normalized spacial score (nSPS) is 19.6. The second kappa shape index (κ2) is 10.9. The van der Waals surface area contributed by atoms with Gasteiger partial charge in [0.25, 0.3) is 5.91 Å². The lowest BCUT2D eigenvalue weighted by molar-refractivity contribution is -0.163. The molecule has 14 nitrogen and oxygen atoms in total. The number of hydrogen-bond acceptors (Lipinski definition) is 11. The van der Waals surface area contributed by atoms with Crippen molar-refractivity contribution < 1.29 is 27.9 Å². The van der Waals surface area contributed by atoms with Gasteiger partial charge < -0.3 is 20.2 Å². The second-order valence-corrected chi connectivity index (χ2v) is 11.7. The Labute approximate surface area is 229 Å². The molecule has 0 aliphatic heterocycles. The van der Waals surface area contributed by atoms with Crippen molar-refractivity contribution in [3.8, 4) is 22.6 Å². The molecule has 1 amide bonds. The van der Waals surface area contributed by atoms with Gasteiger partial charge in [0.2, 0.25) is 0 Å². The summed E-state index contributed by atoms with van der Waals surface area (Å²) < 4.78 is 38.1. The summed E-state index contributed by atoms with van der Waals surface area (Å²) >= 11 is 0. The Morgan fingerprint density at radius 3 is 2.62 bits per heavy atom. The van der Waals surface area contributed by atoms with Gasteiger partial charge in [0.05, 0.1) is 25.1 Å². The molecule has 1 aliphatic carbocycles. The molecule has 0 spiro atoms. The number of hydrogen-bond donors (Lipinski definition) is 4. The molecule has 0 aromatic carbocycles. The number of fused-ring (bicyclic) bond motifs is 1. The summed E-state index contributed by atoms with van der Waals surface area (Å²) in [7, 11) is -2.28. The number of H-pyrrole nitrogens is 1. The molecule has 4 heterocycles. The van der Waals surface area contributed by atoms with Crippen molar-refractivity contribution in [2.75, 3.05) is 32.3 Å². The van der Waals surface area contributed by atoms with E-state index in [2.05, 4.69) is 20.1 Å². The van der Waals surface area contributed by atoms with Gasteiger partial charge in [-0.1, -0.05) is 6.07 Å². The Balaban J connectivity index is 1.53. The molecule has 0 radical (unpaired) electrons. The maximum absolute atomic E-state index is 12.9. The standard InChI is InChI=1S/C25H30N8O6S/c1-38-11-12-39-25(24(34)32-35)7-5-15(6-8-25)19-20(40(2,36)37)21(26)33-23(31-19)17(14-30-33)16-3-4-18(29-13-16)22-27-9-10-28-22/h3-4,9-10,13-15,35H,5-8,11-12,26H2,1-2H3,(H,27,28)(H,32,34). The summed E-state index contributed by atoms with van der Waals surface area (Å²) in [6.07, 6.45) is 8.86. The van der Waals surface area contributed by atoms with Crippen LogP contribution in [0.15, 0.2) is 41.8 Å². The van der Waals surface area contributed by atoms with Crippen LogP contribution in [0.25, 0.3) is 28.3 Å². The van der Waals surface area contributed by atoms with E-state index in [1.807, 2.05) is 12.1 Å². The highest BCUT2D eigenvalue weighted by Gasteiger charge is 2.44. The average molecular weight is 571 g/mol. The van der Waals surface area contributed by atoms with Crippen LogP contribution in [0.1, 0.15) is 37.3 Å². The SMILES string of the molecule is COCCOC1(C(=O)NO)CCC(c2nc3c(-c4ccc(-c5ncc[nH]5)nc4)cnn3c(N)c2S(C)(=O)=O)CC1. The van der Waals surface area contributed by atoms with Crippen LogP contribution in [0.5, 0.6) is 0 Å². The number of amides is 1. The Hall–Kier alpha value is -3.92. The number of sulfone groups is 1. The van der Waals surface area contributed by atoms with E-state index in [-0.39, 0.29) is 42.7 Å². The summed E-state index contributed by atoms with van der Waals surface area (Å²) in [5.41, 5.74) is 9.53. The van der Waals surface area contributed by atoms with Crippen LogP contribution in [-0.2, 0) is 24.1 Å². The number of nitrogens with two attached hydrogens (primary N) is 1. The highest BCUT2D eigenvalue weighted by atomic mass is 32.2. The second-order valence-electron chi connectivity index (χ2n) is 9.70. The van der Waals surface area contributed by atoms with Crippen molar-refractivity contribution in [2.45, 2.75) is 42.1 Å². The highest BCUT2D eigenvalue weighted by Crippen LogP contribution is 2.43. The predicted molar refractivity (Wildman–Crippen MR) is 143 cm³/mol. The van der Waals surface area contributed by atoms with Gasteiger partial charge in [-0.2, -0.15) is 9.61 Å². The summed E-state index contributed by atoms with van der Waals surface area (Å²) in [5.74, 6) is -0.416. The zero-order valence-corrected chi connectivity index (χ0v) is 22.8. The number of rotatable bonds is 9. The smallest absolute Gasteiger partial charge is 0.275 e. The predicted octanol–water partition coefficient (Wildman–Crippen LogP) is 1.73. The Morgan fingerprint density at radius 1 is 1.25 bits per heavy atom. The average Bonchev–Trinajstić information content (AvgIpc) is 3.63. The quantitative estimate of drug-likeness (QED) is 0.130. The summed E-state index contributed by atoms with van der Waals surface area (Å²) in [6, 6.07) is 3.66. The Kier molecular flexibility index (Phi) is 7.55. The first-order valence-corrected chi connectivity index (χ1v) is 14.5. The minimum atomic E-state index is -3.80. The fourth-order valence-corrected chi connectivity index (χ4v) is 6.25. The molecule has 15 heteroatoms. The van der Waals surface area contributed by atoms with Gasteiger partial charge in [0, 0.05) is 49.0 Å². The molecular formula is C25H30N8O6S. The first-order valence-electron chi connectivity index (χ1n) is 12.6. The Bertz CT molecular complexity index is 1610. The van der Waals surface area contributed by atoms with Gasteiger partial charge >= 0.3 is 0 Å². The topological polar surface area (TPSA) is 200 Å². The van der Waals surface area contributed by atoms with E-state index in [1.165, 1.54) is 11.6 Å². The molecule has 0 bridgehead atoms.